The summed E-state index contributed by atoms with van der Waals surface area (Å²) in [5.74, 6) is -0.680. The van der Waals surface area contributed by atoms with Crippen molar-refractivity contribution >= 4 is 11.9 Å². The lowest BCUT2D eigenvalue weighted by Crippen LogP contribution is -2.56. The quantitative estimate of drug-likeness (QED) is 0.659. The number of carboxylic acids is 1. The standard InChI is InChI=1S/C24H34N2O5/c1-15-6-8-17(9-7-15)10-11-19(22-13-30-14-31-22)25-16(2)23(27)26-20-5-3-4-18(20)12-21(26)24(28)29/h6-9,16,18-22,25H,3-5,10-14H2,1-2H3,(H,28,29)/t16-,18?,19-,20?,21+,22?/m1/s1. The highest BCUT2D eigenvalue weighted by molar-refractivity contribution is 5.88. The van der Waals surface area contributed by atoms with Gasteiger partial charge in [-0.3, -0.25) is 4.79 Å². The van der Waals surface area contributed by atoms with E-state index in [0.717, 1.165) is 32.1 Å². The Morgan fingerprint density at radius 2 is 2.03 bits per heavy atom. The number of nitrogens with zero attached hydrogens (tertiary/aromatic N) is 1. The summed E-state index contributed by atoms with van der Waals surface area (Å²) >= 11 is 0. The Labute approximate surface area is 184 Å². The molecule has 3 fully saturated rings. The largest absolute Gasteiger partial charge is 0.480 e. The summed E-state index contributed by atoms with van der Waals surface area (Å²) in [4.78, 5) is 26.9. The number of carbonyl (C=O) groups excluding carboxylic acids is 1. The lowest BCUT2D eigenvalue weighted by Gasteiger charge is -2.33. The number of ether oxygens (including phenoxy) is 2. The minimum Gasteiger partial charge on any atom is -0.480 e. The Kier molecular flexibility index (Phi) is 6.94. The van der Waals surface area contributed by atoms with Crippen molar-refractivity contribution in [3.8, 4) is 0 Å². The summed E-state index contributed by atoms with van der Waals surface area (Å²) in [5, 5.41) is 13.2. The van der Waals surface area contributed by atoms with Gasteiger partial charge in [0, 0.05) is 12.1 Å². The van der Waals surface area contributed by atoms with E-state index in [1.807, 2.05) is 6.92 Å². The average molecular weight is 431 g/mol. The maximum absolute atomic E-state index is 13.4. The monoisotopic (exact) mass is 430 g/mol. The van der Waals surface area contributed by atoms with Crippen LogP contribution in [0.15, 0.2) is 24.3 Å². The summed E-state index contributed by atoms with van der Waals surface area (Å²) in [5.41, 5.74) is 2.48. The van der Waals surface area contributed by atoms with E-state index in [9.17, 15) is 14.7 Å². The van der Waals surface area contributed by atoms with Crippen LogP contribution >= 0.6 is 0 Å². The zero-order valence-corrected chi connectivity index (χ0v) is 18.5. The highest BCUT2D eigenvalue weighted by Gasteiger charge is 2.49. The molecule has 0 bridgehead atoms. The van der Waals surface area contributed by atoms with Crippen LogP contribution in [-0.4, -0.2) is 65.6 Å². The lowest BCUT2D eigenvalue weighted by atomic mass is 9.99. The second kappa shape index (κ2) is 9.67. The van der Waals surface area contributed by atoms with E-state index < -0.39 is 18.1 Å². The molecule has 1 aromatic rings. The maximum Gasteiger partial charge on any atom is 0.326 e. The topological polar surface area (TPSA) is 88.1 Å². The van der Waals surface area contributed by atoms with Crippen LogP contribution < -0.4 is 5.32 Å². The third kappa shape index (κ3) is 4.94. The van der Waals surface area contributed by atoms with Crippen molar-refractivity contribution < 1.29 is 24.2 Å². The Balaban J connectivity index is 1.43. The molecule has 0 spiro atoms. The molecule has 2 heterocycles. The zero-order valence-electron chi connectivity index (χ0n) is 18.5. The molecule has 4 rings (SSSR count). The summed E-state index contributed by atoms with van der Waals surface area (Å²) < 4.78 is 11.2. The van der Waals surface area contributed by atoms with Crippen LogP contribution in [0.2, 0.25) is 0 Å². The molecule has 0 aromatic heterocycles. The smallest absolute Gasteiger partial charge is 0.326 e. The Morgan fingerprint density at radius 3 is 2.71 bits per heavy atom. The van der Waals surface area contributed by atoms with Crippen LogP contribution in [0.4, 0.5) is 0 Å². The molecule has 6 atom stereocenters. The van der Waals surface area contributed by atoms with Gasteiger partial charge in [-0.15, -0.1) is 0 Å². The first kappa shape index (κ1) is 22.2. The molecular formula is C24H34N2O5. The average Bonchev–Trinajstić information content (AvgIpc) is 3.48. The van der Waals surface area contributed by atoms with Crippen LogP contribution in [0.5, 0.6) is 0 Å². The maximum atomic E-state index is 13.4. The van der Waals surface area contributed by atoms with Gasteiger partial charge < -0.3 is 24.8 Å². The molecule has 3 unspecified atom stereocenters. The number of amides is 1. The number of hydrogen-bond acceptors (Lipinski definition) is 5. The molecule has 31 heavy (non-hydrogen) atoms. The van der Waals surface area contributed by atoms with E-state index in [-0.39, 0.29) is 30.9 Å². The molecular weight excluding hydrogens is 396 g/mol. The fraction of sp³-hybridized carbons (Fsp3) is 0.667. The van der Waals surface area contributed by atoms with Crippen molar-refractivity contribution in [1.82, 2.24) is 10.2 Å². The third-order valence-corrected chi connectivity index (χ3v) is 7.17. The first-order valence-corrected chi connectivity index (χ1v) is 11.5. The van der Waals surface area contributed by atoms with E-state index in [2.05, 4.69) is 36.5 Å². The predicted molar refractivity (Wildman–Crippen MR) is 116 cm³/mol. The van der Waals surface area contributed by atoms with E-state index in [0.29, 0.717) is 18.9 Å². The molecule has 170 valence electrons. The molecule has 2 N–H and O–H groups in total. The second-order valence-corrected chi connectivity index (χ2v) is 9.31. The number of aliphatic carboxylic acids is 1. The van der Waals surface area contributed by atoms with E-state index in [1.165, 1.54) is 11.1 Å². The third-order valence-electron chi connectivity index (χ3n) is 7.17. The molecule has 0 radical (unpaired) electrons. The summed E-state index contributed by atoms with van der Waals surface area (Å²) in [6.45, 7) is 4.69. The first-order valence-electron chi connectivity index (χ1n) is 11.5. The molecule has 1 amide bonds. The SMILES string of the molecule is Cc1ccc(CC[C@@H](N[C@H](C)C(=O)N2C3CCCC3C[C@H]2C(=O)O)C2COCO2)cc1. The van der Waals surface area contributed by atoms with E-state index in [1.54, 1.807) is 4.90 Å². The van der Waals surface area contributed by atoms with Gasteiger partial charge in [-0.2, -0.15) is 0 Å². The molecule has 2 saturated heterocycles. The molecule has 1 aromatic carbocycles. The van der Waals surface area contributed by atoms with Crippen molar-refractivity contribution in [2.24, 2.45) is 5.92 Å². The highest BCUT2D eigenvalue weighted by atomic mass is 16.7. The number of likely N-dealkylation sites (tertiary alicyclic amines) is 1. The molecule has 2 aliphatic heterocycles. The van der Waals surface area contributed by atoms with Gasteiger partial charge in [0.05, 0.1) is 18.8 Å². The number of carbonyl (C=O) groups is 2. The van der Waals surface area contributed by atoms with Gasteiger partial charge in [0.25, 0.3) is 0 Å². The molecule has 7 heteroatoms. The fourth-order valence-electron chi connectivity index (χ4n) is 5.48. The van der Waals surface area contributed by atoms with Crippen LogP contribution in [0.25, 0.3) is 0 Å². The Bertz CT molecular complexity index is 777. The lowest BCUT2D eigenvalue weighted by molar-refractivity contribution is -0.150. The number of hydrogen-bond donors (Lipinski definition) is 2. The summed E-state index contributed by atoms with van der Waals surface area (Å²) in [6, 6.07) is 7.32. The van der Waals surface area contributed by atoms with E-state index in [4.69, 9.17) is 9.47 Å². The number of rotatable bonds is 8. The van der Waals surface area contributed by atoms with Gasteiger partial charge in [0.2, 0.25) is 5.91 Å². The van der Waals surface area contributed by atoms with Gasteiger partial charge in [0.1, 0.15) is 12.8 Å². The van der Waals surface area contributed by atoms with Crippen LogP contribution in [0, 0.1) is 12.8 Å². The van der Waals surface area contributed by atoms with Crippen molar-refractivity contribution in [2.75, 3.05) is 13.4 Å². The van der Waals surface area contributed by atoms with Gasteiger partial charge in [-0.05, 0) is 57.4 Å². The number of aryl methyl sites for hydroxylation is 2. The number of benzene rings is 1. The number of carboxylic acid groups (broad SMARTS) is 1. The van der Waals surface area contributed by atoms with Crippen LogP contribution in [0.3, 0.4) is 0 Å². The minimum atomic E-state index is -0.890. The van der Waals surface area contributed by atoms with E-state index >= 15 is 0 Å². The fourth-order valence-corrected chi connectivity index (χ4v) is 5.48. The van der Waals surface area contributed by atoms with Crippen LogP contribution in [0.1, 0.15) is 50.2 Å². The van der Waals surface area contributed by atoms with Gasteiger partial charge in [-0.25, -0.2) is 4.79 Å². The molecule has 1 aliphatic carbocycles. The molecule has 3 aliphatic rings. The first-order chi connectivity index (χ1) is 14.9. The summed E-state index contributed by atoms with van der Waals surface area (Å²) in [6.07, 6.45) is 5.13. The highest BCUT2D eigenvalue weighted by Crippen LogP contribution is 2.41. The van der Waals surface area contributed by atoms with Gasteiger partial charge >= 0.3 is 5.97 Å². The summed E-state index contributed by atoms with van der Waals surface area (Å²) in [7, 11) is 0. The molecule has 1 saturated carbocycles. The van der Waals surface area contributed by atoms with Crippen molar-refractivity contribution in [2.45, 2.75) is 82.6 Å². The second-order valence-electron chi connectivity index (χ2n) is 9.31. The number of nitrogens with one attached hydrogen (secondary N) is 1. The van der Waals surface area contributed by atoms with Crippen LogP contribution in [-0.2, 0) is 25.5 Å². The van der Waals surface area contributed by atoms with Crippen molar-refractivity contribution in [1.29, 1.82) is 0 Å². The normalized spacial score (nSPS) is 29.7. The Morgan fingerprint density at radius 1 is 1.26 bits per heavy atom. The minimum absolute atomic E-state index is 0.0481. The zero-order chi connectivity index (χ0) is 22.0. The van der Waals surface area contributed by atoms with Crippen molar-refractivity contribution in [3.05, 3.63) is 35.4 Å². The molecule has 7 nitrogen and oxygen atoms in total. The van der Waals surface area contributed by atoms with Crippen molar-refractivity contribution in [3.63, 3.8) is 0 Å². The van der Waals surface area contributed by atoms with Gasteiger partial charge in [-0.1, -0.05) is 36.2 Å². The predicted octanol–water partition coefficient (Wildman–Crippen LogP) is 2.50. The Hall–Kier alpha value is -1.96. The van der Waals surface area contributed by atoms with Gasteiger partial charge in [0.15, 0.2) is 0 Å². The number of fused-ring (bicyclic) bond motifs is 1.